The summed E-state index contributed by atoms with van der Waals surface area (Å²) in [6.45, 7) is 5.77. The maximum atomic E-state index is 13.0. The van der Waals surface area contributed by atoms with E-state index in [1.165, 1.54) is 0 Å². The molecule has 2 aromatic rings. The molecule has 2 aliphatic rings. The first-order chi connectivity index (χ1) is 11.6. The minimum Gasteiger partial charge on any atom is -0.361 e. The fourth-order valence-electron chi connectivity index (χ4n) is 3.87. The van der Waals surface area contributed by atoms with Crippen LogP contribution in [0.1, 0.15) is 41.6 Å². The highest BCUT2D eigenvalue weighted by atomic mass is 16.5. The van der Waals surface area contributed by atoms with Crippen LogP contribution < -0.4 is 0 Å². The van der Waals surface area contributed by atoms with E-state index in [1.807, 2.05) is 35.8 Å². The van der Waals surface area contributed by atoms with Gasteiger partial charge >= 0.3 is 0 Å². The van der Waals surface area contributed by atoms with E-state index in [-0.39, 0.29) is 11.8 Å². The van der Waals surface area contributed by atoms with Crippen LogP contribution in [0.25, 0.3) is 0 Å². The molecule has 0 saturated carbocycles. The van der Waals surface area contributed by atoms with Crippen LogP contribution >= 0.6 is 0 Å². The van der Waals surface area contributed by atoms with Crippen LogP contribution in [0.15, 0.2) is 16.9 Å². The third-order valence-corrected chi connectivity index (χ3v) is 4.98. The first kappa shape index (κ1) is 15.4. The fraction of sp³-hybridized carbons (Fsp3) is 0.588. The molecule has 1 unspecified atom stereocenters. The third-order valence-electron chi connectivity index (χ3n) is 4.98. The molecule has 0 spiro atoms. The zero-order valence-electron chi connectivity index (χ0n) is 14.2. The number of aryl methyl sites for hydroxylation is 2. The molecule has 1 atom stereocenters. The van der Waals surface area contributed by atoms with Gasteiger partial charge in [0.2, 0.25) is 5.91 Å². The molecule has 1 fully saturated rings. The van der Waals surface area contributed by atoms with E-state index in [1.54, 1.807) is 0 Å². The summed E-state index contributed by atoms with van der Waals surface area (Å²) in [5, 5.41) is 4.08. The molecule has 4 rings (SSSR count). The maximum Gasteiger partial charge on any atom is 0.233 e. The summed E-state index contributed by atoms with van der Waals surface area (Å²) in [5.41, 5.74) is 2.97. The smallest absolute Gasteiger partial charge is 0.233 e. The molecule has 0 aliphatic carbocycles. The van der Waals surface area contributed by atoms with E-state index in [2.05, 4.69) is 15.0 Å². The van der Waals surface area contributed by atoms with Crippen LogP contribution in [-0.2, 0) is 24.9 Å². The number of fused-ring (bicyclic) bond motifs is 1. The van der Waals surface area contributed by atoms with Crippen molar-refractivity contribution in [2.24, 2.45) is 7.05 Å². The van der Waals surface area contributed by atoms with Crippen LogP contribution in [0.5, 0.6) is 0 Å². The Morgan fingerprint density at radius 1 is 1.38 bits per heavy atom. The Labute approximate surface area is 141 Å². The van der Waals surface area contributed by atoms with Gasteiger partial charge in [0, 0.05) is 45.8 Å². The Morgan fingerprint density at radius 3 is 2.88 bits per heavy atom. The van der Waals surface area contributed by atoms with Crippen LogP contribution in [0, 0.1) is 6.92 Å². The van der Waals surface area contributed by atoms with Crippen molar-refractivity contribution in [3.05, 3.63) is 35.2 Å². The largest absolute Gasteiger partial charge is 0.361 e. The normalized spacial score (nSPS) is 21.2. The lowest BCUT2D eigenvalue weighted by Gasteiger charge is -2.33. The summed E-state index contributed by atoms with van der Waals surface area (Å²) >= 11 is 0. The van der Waals surface area contributed by atoms with Gasteiger partial charge in [-0.2, -0.15) is 0 Å². The molecule has 0 bridgehead atoms. The lowest BCUT2D eigenvalue weighted by atomic mass is 9.96. The molecule has 2 aromatic heterocycles. The Bertz CT molecular complexity index is 744. The lowest BCUT2D eigenvalue weighted by Crippen LogP contribution is -2.42. The molecule has 4 heterocycles. The highest BCUT2D eigenvalue weighted by Gasteiger charge is 2.36. The van der Waals surface area contributed by atoms with Gasteiger partial charge in [0.25, 0.3) is 0 Å². The minimum atomic E-state index is -0.146. The molecule has 128 valence electrons. The zero-order valence-corrected chi connectivity index (χ0v) is 14.2. The molecular weight excluding hydrogens is 306 g/mol. The molecular formula is C17H23N5O2. The Hall–Kier alpha value is -2.15. The maximum absolute atomic E-state index is 13.0. The summed E-state index contributed by atoms with van der Waals surface area (Å²) in [7, 11) is 1.98. The van der Waals surface area contributed by atoms with Crippen molar-refractivity contribution in [1.82, 2.24) is 24.5 Å². The van der Waals surface area contributed by atoms with Crippen molar-refractivity contribution in [3.63, 3.8) is 0 Å². The molecule has 2 aliphatic heterocycles. The SMILES string of the molecule is Cc1cc(CN2Cc3ncn(C)c3C(C(=O)N3CCCC3)C2)no1. The van der Waals surface area contributed by atoms with Gasteiger partial charge in [0.15, 0.2) is 0 Å². The van der Waals surface area contributed by atoms with Gasteiger partial charge in [-0.05, 0) is 19.8 Å². The molecule has 1 amide bonds. The molecule has 0 aromatic carbocycles. The first-order valence-electron chi connectivity index (χ1n) is 8.55. The van der Waals surface area contributed by atoms with Gasteiger partial charge in [-0.15, -0.1) is 0 Å². The van der Waals surface area contributed by atoms with Crippen LogP contribution in [0.4, 0.5) is 0 Å². The zero-order chi connectivity index (χ0) is 16.7. The van der Waals surface area contributed by atoms with Crippen LogP contribution in [0.2, 0.25) is 0 Å². The van der Waals surface area contributed by atoms with Crippen molar-refractivity contribution >= 4 is 5.91 Å². The number of hydrogen-bond acceptors (Lipinski definition) is 5. The number of hydrogen-bond donors (Lipinski definition) is 0. The predicted octanol–water partition coefficient (Wildman–Crippen LogP) is 1.44. The van der Waals surface area contributed by atoms with E-state index in [4.69, 9.17) is 4.52 Å². The average molecular weight is 329 g/mol. The van der Waals surface area contributed by atoms with Crippen LogP contribution in [-0.4, -0.2) is 50.0 Å². The monoisotopic (exact) mass is 329 g/mol. The number of aromatic nitrogens is 3. The molecule has 0 radical (unpaired) electrons. The number of nitrogens with zero attached hydrogens (tertiary/aromatic N) is 5. The second-order valence-corrected chi connectivity index (χ2v) is 6.87. The predicted molar refractivity (Wildman–Crippen MR) is 87.1 cm³/mol. The summed E-state index contributed by atoms with van der Waals surface area (Å²) in [5.74, 6) is 0.899. The lowest BCUT2D eigenvalue weighted by molar-refractivity contribution is -0.132. The average Bonchev–Trinajstić information content (AvgIpc) is 3.29. The van der Waals surface area contributed by atoms with E-state index in [0.717, 1.165) is 55.3 Å². The molecule has 0 N–H and O–H groups in total. The summed E-state index contributed by atoms with van der Waals surface area (Å²) in [6, 6.07) is 1.95. The standard InChI is InChI=1S/C17H23N5O2/c1-12-7-13(19-24-12)8-21-9-14(17(23)22-5-3-4-6-22)16-15(10-21)18-11-20(16)2/h7,11,14H,3-6,8-10H2,1-2H3. The minimum absolute atomic E-state index is 0.146. The van der Waals surface area contributed by atoms with Gasteiger partial charge in [-0.1, -0.05) is 5.16 Å². The highest BCUT2D eigenvalue weighted by molar-refractivity contribution is 5.84. The van der Waals surface area contributed by atoms with Crippen molar-refractivity contribution in [2.45, 2.75) is 38.8 Å². The number of imidazole rings is 1. The van der Waals surface area contributed by atoms with Crippen molar-refractivity contribution in [3.8, 4) is 0 Å². The highest BCUT2D eigenvalue weighted by Crippen LogP contribution is 2.30. The Morgan fingerprint density at radius 2 is 2.17 bits per heavy atom. The van der Waals surface area contributed by atoms with Gasteiger partial charge < -0.3 is 14.0 Å². The molecule has 7 heteroatoms. The van der Waals surface area contributed by atoms with Gasteiger partial charge in [0.1, 0.15) is 5.76 Å². The number of likely N-dealkylation sites (tertiary alicyclic amines) is 1. The van der Waals surface area contributed by atoms with Crippen molar-refractivity contribution in [1.29, 1.82) is 0 Å². The van der Waals surface area contributed by atoms with Gasteiger partial charge in [0.05, 0.1) is 29.3 Å². The van der Waals surface area contributed by atoms with E-state index in [9.17, 15) is 4.79 Å². The van der Waals surface area contributed by atoms with Crippen molar-refractivity contribution in [2.75, 3.05) is 19.6 Å². The van der Waals surface area contributed by atoms with Gasteiger partial charge in [-0.3, -0.25) is 9.69 Å². The topological polar surface area (TPSA) is 67.4 Å². The summed E-state index contributed by atoms with van der Waals surface area (Å²) in [6.07, 6.45) is 4.04. The van der Waals surface area contributed by atoms with E-state index in [0.29, 0.717) is 13.1 Å². The number of rotatable bonds is 3. The number of carbonyl (C=O) groups is 1. The van der Waals surface area contributed by atoms with Gasteiger partial charge in [-0.25, -0.2) is 4.98 Å². The Balaban J connectivity index is 1.59. The summed E-state index contributed by atoms with van der Waals surface area (Å²) in [4.78, 5) is 21.8. The second-order valence-electron chi connectivity index (χ2n) is 6.87. The Kier molecular flexibility index (Phi) is 3.88. The van der Waals surface area contributed by atoms with E-state index >= 15 is 0 Å². The second kappa shape index (κ2) is 6.05. The molecule has 7 nitrogen and oxygen atoms in total. The van der Waals surface area contributed by atoms with E-state index < -0.39 is 0 Å². The fourth-order valence-corrected chi connectivity index (χ4v) is 3.87. The molecule has 24 heavy (non-hydrogen) atoms. The quantitative estimate of drug-likeness (QED) is 0.852. The van der Waals surface area contributed by atoms with Crippen LogP contribution in [0.3, 0.4) is 0 Å². The van der Waals surface area contributed by atoms with Crippen molar-refractivity contribution < 1.29 is 9.32 Å². The number of carbonyl (C=O) groups excluding carboxylic acids is 1. The third kappa shape index (κ3) is 2.73. The summed E-state index contributed by atoms with van der Waals surface area (Å²) < 4.78 is 7.17. The number of amides is 1. The first-order valence-corrected chi connectivity index (χ1v) is 8.55. The molecule has 1 saturated heterocycles.